The molecule has 0 aliphatic heterocycles. The van der Waals surface area contributed by atoms with E-state index in [4.69, 9.17) is 4.74 Å². The average Bonchev–Trinajstić information content (AvgIpc) is 2.77. The van der Waals surface area contributed by atoms with Crippen LogP contribution in [0.4, 0.5) is 0 Å². The molecule has 2 aromatic rings. The number of thiazole rings is 1. The van der Waals surface area contributed by atoms with Gasteiger partial charge in [-0.05, 0) is 38.0 Å². The van der Waals surface area contributed by atoms with Crippen LogP contribution in [-0.4, -0.2) is 17.2 Å². The largest absolute Gasteiger partial charge is 0.496 e. The van der Waals surface area contributed by atoms with Crippen LogP contribution >= 0.6 is 11.3 Å². The Morgan fingerprint density at radius 3 is 2.61 bits per heavy atom. The minimum Gasteiger partial charge on any atom is -0.496 e. The zero-order valence-corrected chi connectivity index (χ0v) is 11.8. The van der Waals surface area contributed by atoms with E-state index in [1.54, 1.807) is 14.0 Å². The van der Waals surface area contributed by atoms with Gasteiger partial charge in [0.1, 0.15) is 16.9 Å². The van der Waals surface area contributed by atoms with Crippen molar-refractivity contribution in [2.45, 2.75) is 26.9 Å². The number of nitrogens with zero attached hydrogens (tertiary/aromatic N) is 1. The topological polar surface area (TPSA) is 42.4 Å². The number of aryl methyl sites for hydroxylation is 2. The molecular formula is C14H17NO2S. The number of benzene rings is 1. The Labute approximate surface area is 111 Å². The molecule has 3 nitrogen and oxygen atoms in total. The van der Waals surface area contributed by atoms with E-state index in [-0.39, 0.29) is 0 Å². The molecule has 0 aliphatic carbocycles. The molecule has 96 valence electrons. The fourth-order valence-corrected chi connectivity index (χ4v) is 2.76. The standard InChI is InChI=1S/C14H17NO2S/c1-8-5-9(2)13(12(6-8)17-4)11-7-18-14(15-11)10(3)16/h5-7,10,16H,1-4H3. The van der Waals surface area contributed by atoms with Crippen molar-refractivity contribution in [1.29, 1.82) is 0 Å². The molecule has 0 saturated carbocycles. The number of aromatic nitrogens is 1. The van der Waals surface area contributed by atoms with Crippen LogP contribution in [0.3, 0.4) is 0 Å². The first-order chi connectivity index (χ1) is 8.52. The van der Waals surface area contributed by atoms with E-state index < -0.39 is 6.10 Å². The van der Waals surface area contributed by atoms with Crippen molar-refractivity contribution in [3.05, 3.63) is 33.6 Å². The highest BCUT2D eigenvalue weighted by atomic mass is 32.1. The third kappa shape index (κ3) is 2.40. The van der Waals surface area contributed by atoms with Gasteiger partial charge in [0.25, 0.3) is 0 Å². The quantitative estimate of drug-likeness (QED) is 0.921. The fraction of sp³-hybridized carbons (Fsp3) is 0.357. The lowest BCUT2D eigenvalue weighted by Crippen LogP contribution is -1.94. The number of aliphatic hydroxyl groups excluding tert-OH is 1. The average molecular weight is 263 g/mol. The van der Waals surface area contributed by atoms with Crippen molar-refractivity contribution in [2.75, 3.05) is 7.11 Å². The number of rotatable bonds is 3. The first-order valence-electron chi connectivity index (χ1n) is 5.82. The molecule has 1 aromatic heterocycles. The normalized spacial score (nSPS) is 12.5. The van der Waals surface area contributed by atoms with Crippen LogP contribution in [0.5, 0.6) is 5.75 Å². The molecular weight excluding hydrogens is 246 g/mol. The van der Waals surface area contributed by atoms with Crippen LogP contribution in [0.15, 0.2) is 17.5 Å². The monoisotopic (exact) mass is 263 g/mol. The van der Waals surface area contributed by atoms with Crippen LogP contribution in [0.25, 0.3) is 11.3 Å². The van der Waals surface area contributed by atoms with E-state index in [1.165, 1.54) is 16.9 Å². The first kappa shape index (κ1) is 13.1. The molecule has 0 radical (unpaired) electrons. The summed E-state index contributed by atoms with van der Waals surface area (Å²) in [4.78, 5) is 4.47. The van der Waals surface area contributed by atoms with Gasteiger partial charge in [0.15, 0.2) is 0 Å². The fourth-order valence-electron chi connectivity index (χ4n) is 2.01. The number of aliphatic hydroxyl groups is 1. The Balaban J connectivity index is 2.55. The molecule has 1 N–H and O–H groups in total. The SMILES string of the molecule is COc1cc(C)cc(C)c1-c1csc(C(C)O)n1. The second kappa shape index (κ2) is 5.08. The molecule has 0 amide bonds. The predicted octanol–water partition coefficient (Wildman–Crippen LogP) is 3.49. The summed E-state index contributed by atoms with van der Waals surface area (Å²) in [6.45, 7) is 5.82. The minimum absolute atomic E-state index is 0.527. The van der Waals surface area contributed by atoms with Gasteiger partial charge in [0.05, 0.1) is 12.8 Å². The van der Waals surface area contributed by atoms with E-state index in [9.17, 15) is 5.11 Å². The third-order valence-electron chi connectivity index (χ3n) is 2.80. The van der Waals surface area contributed by atoms with E-state index in [0.29, 0.717) is 0 Å². The van der Waals surface area contributed by atoms with Crippen molar-refractivity contribution in [3.8, 4) is 17.0 Å². The summed E-state index contributed by atoms with van der Waals surface area (Å²) in [6.07, 6.45) is -0.527. The van der Waals surface area contributed by atoms with Gasteiger partial charge in [0, 0.05) is 10.9 Å². The summed E-state index contributed by atoms with van der Waals surface area (Å²) in [6, 6.07) is 4.11. The van der Waals surface area contributed by atoms with Gasteiger partial charge in [0.2, 0.25) is 0 Å². The highest BCUT2D eigenvalue weighted by Crippen LogP contribution is 2.35. The lowest BCUT2D eigenvalue weighted by atomic mass is 10.0. The van der Waals surface area contributed by atoms with Gasteiger partial charge in [-0.25, -0.2) is 4.98 Å². The smallest absolute Gasteiger partial charge is 0.128 e. The van der Waals surface area contributed by atoms with Crippen molar-refractivity contribution in [1.82, 2.24) is 4.98 Å². The van der Waals surface area contributed by atoms with Crippen LogP contribution in [0.1, 0.15) is 29.2 Å². The number of hydrogen-bond acceptors (Lipinski definition) is 4. The molecule has 2 rings (SSSR count). The van der Waals surface area contributed by atoms with Gasteiger partial charge in [-0.15, -0.1) is 11.3 Å². The summed E-state index contributed by atoms with van der Waals surface area (Å²) in [7, 11) is 1.67. The maximum Gasteiger partial charge on any atom is 0.128 e. The highest BCUT2D eigenvalue weighted by Gasteiger charge is 2.15. The molecule has 1 aromatic carbocycles. The summed E-state index contributed by atoms with van der Waals surface area (Å²) in [5, 5.41) is 12.2. The molecule has 1 unspecified atom stereocenters. The molecule has 0 spiro atoms. The van der Waals surface area contributed by atoms with Gasteiger partial charge in [-0.3, -0.25) is 0 Å². The predicted molar refractivity (Wildman–Crippen MR) is 74.2 cm³/mol. The maximum atomic E-state index is 9.54. The van der Waals surface area contributed by atoms with Gasteiger partial charge >= 0.3 is 0 Å². The summed E-state index contributed by atoms with van der Waals surface area (Å²) >= 11 is 1.47. The zero-order chi connectivity index (χ0) is 13.3. The molecule has 0 fully saturated rings. The molecule has 0 saturated heterocycles. The van der Waals surface area contributed by atoms with Gasteiger partial charge in [-0.2, -0.15) is 0 Å². The van der Waals surface area contributed by atoms with Crippen LogP contribution in [0, 0.1) is 13.8 Å². The van der Waals surface area contributed by atoms with Crippen molar-refractivity contribution in [2.24, 2.45) is 0 Å². The second-order valence-electron chi connectivity index (χ2n) is 4.41. The van der Waals surface area contributed by atoms with E-state index >= 15 is 0 Å². The third-order valence-corrected chi connectivity index (χ3v) is 3.81. The Kier molecular flexibility index (Phi) is 3.68. The van der Waals surface area contributed by atoms with Gasteiger partial charge in [-0.1, -0.05) is 6.07 Å². The van der Waals surface area contributed by atoms with Crippen molar-refractivity contribution in [3.63, 3.8) is 0 Å². The Morgan fingerprint density at radius 2 is 2.06 bits per heavy atom. The molecule has 4 heteroatoms. The van der Waals surface area contributed by atoms with Crippen LogP contribution in [0.2, 0.25) is 0 Å². The van der Waals surface area contributed by atoms with E-state index in [1.807, 2.05) is 25.3 Å². The summed E-state index contributed by atoms with van der Waals surface area (Å²) in [5.41, 5.74) is 4.17. The van der Waals surface area contributed by atoms with E-state index in [0.717, 1.165) is 27.6 Å². The summed E-state index contributed by atoms with van der Waals surface area (Å²) in [5.74, 6) is 0.829. The van der Waals surface area contributed by atoms with Gasteiger partial charge < -0.3 is 9.84 Å². The Hall–Kier alpha value is -1.39. The number of methoxy groups -OCH3 is 1. The lowest BCUT2D eigenvalue weighted by molar-refractivity contribution is 0.199. The maximum absolute atomic E-state index is 9.54. The zero-order valence-electron chi connectivity index (χ0n) is 11.0. The minimum atomic E-state index is -0.527. The highest BCUT2D eigenvalue weighted by molar-refractivity contribution is 7.10. The summed E-state index contributed by atoms with van der Waals surface area (Å²) < 4.78 is 5.43. The molecule has 0 bridgehead atoms. The Morgan fingerprint density at radius 1 is 1.33 bits per heavy atom. The Bertz CT molecular complexity index is 561. The molecule has 18 heavy (non-hydrogen) atoms. The number of hydrogen-bond donors (Lipinski definition) is 1. The lowest BCUT2D eigenvalue weighted by Gasteiger charge is -2.11. The van der Waals surface area contributed by atoms with Crippen LogP contribution in [-0.2, 0) is 0 Å². The van der Waals surface area contributed by atoms with E-state index in [2.05, 4.69) is 11.1 Å². The second-order valence-corrected chi connectivity index (χ2v) is 5.30. The van der Waals surface area contributed by atoms with Crippen LogP contribution < -0.4 is 4.74 Å². The number of ether oxygens (including phenoxy) is 1. The van der Waals surface area contributed by atoms with Crippen molar-refractivity contribution >= 4 is 11.3 Å². The first-order valence-corrected chi connectivity index (χ1v) is 6.70. The molecule has 0 aliphatic rings. The molecule has 1 heterocycles. The van der Waals surface area contributed by atoms with Crippen molar-refractivity contribution < 1.29 is 9.84 Å². The molecule has 1 atom stereocenters.